The van der Waals surface area contributed by atoms with E-state index in [0.717, 1.165) is 27.7 Å². The highest BCUT2D eigenvalue weighted by molar-refractivity contribution is 6.33. The number of para-hydroxylation sites is 1. The van der Waals surface area contributed by atoms with E-state index in [4.69, 9.17) is 22.4 Å². The van der Waals surface area contributed by atoms with Gasteiger partial charge in [-0.15, -0.1) is 0 Å². The molecule has 1 amide bonds. The summed E-state index contributed by atoms with van der Waals surface area (Å²) in [7, 11) is 0. The van der Waals surface area contributed by atoms with E-state index in [1.807, 2.05) is 48.5 Å². The molecule has 0 aliphatic rings. The molecular formula is C18H17ClN4O2. The number of carbonyl (C=O) groups is 1. The molecule has 0 aliphatic carbocycles. The Bertz CT molecular complexity index is 930. The second kappa shape index (κ2) is 7.27. The summed E-state index contributed by atoms with van der Waals surface area (Å²) in [6.45, 7) is 0.783. The van der Waals surface area contributed by atoms with Crippen LogP contribution in [0.3, 0.4) is 0 Å². The van der Waals surface area contributed by atoms with Crippen molar-refractivity contribution in [3.05, 3.63) is 64.8 Å². The Balaban J connectivity index is 1.82. The molecule has 3 rings (SSSR count). The number of hydrogen-bond donors (Lipinski definition) is 4. The average molecular weight is 357 g/mol. The van der Waals surface area contributed by atoms with E-state index in [1.165, 1.54) is 0 Å². The van der Waals surface area contributed by atoms with E-state index >= 15 is 0 Å². The van der Waals surface area contributed by atoms with Crippen molar-refractivity contribution in [2.24, 2.45) is 0 Å². The molecule has 1 aromatic heterocycles. The fraction of sp³-hybridized carbons (Fsp3) is 0.111. The van der Waals surface area contributed by atoms with Crippen molar-refractivity contribution in [1.82, 2.24) is 10.3 Å². The molecule has 0 saturated carbocycles. The number of aromatic nitrogens is 1. The molecule has 0 unspecified atom stereocenters. The highest BCUT2D eigenvalue weighted by Crippen LogP contribution is 2.33. The maximum Gasteiger partial charge on any atom is 0.404 e. The van der Waals surface area contributed by atoms with Gasteiger partial charge in [-0.3, -0.25) is 0 Å². The number of nitrogens with zero attached hydrogens (tertiary/aromatic N) is 1. The minimum atomic E-state index is -1.05. The molecule has 0 fully saturated rings. The van der Waals surface area contributed by atoms with E-state index in [2.05, 4.69) is 15.6 Å². The number of rotatable bonds is 5. The molecule has 0 aliphatic heterocycles. The van der Waals surface area contributed by atoms with Crippen molar-refractivity contribution < 1.29 is 9.90 Å². The molecule has 0 saturated heterocycles. The molecule has 3 aromatic rings. The molecule has 5 N–H and O–H groups in total. The highest BCUT2D eigenvalue weighted by atomic mass is 35.5. The van der Waals surface area contributed by atoms with Crippen LogP contribution < -0.4 is 16.4 Å². The first kappa shape index (κ1) is 16.9. The number of nitrogens with one attached hydrogen (secondary N) is 2. The van der Waals surface area contributed by atoms with Gasteiger partial charge in [-0.25, -0.2) is 9.78 Å². The lowest BCUT2D eigenvalue weighted by atomic mass is 10.1. The lowest BCUT2D eigenvalue weighted by molar-refractivity contribution is 0.194. The van der Waals surface area contributed by atoms with Crippen LogP contribution in [0.4, 0.5) is 16.2 Å². The summed E-state index contributed by atoms with van der Waals surface area (Å²) in [4.78, 5) is 14.9. The number of amides is 1. The predicted molar refractivity (Wildman–Crippen MR) is 99.8 cm³/mol. The fourth-order valence-corrected chi connectivity index (χ4v) is 2.79. The summed E-state index contributed by atoms with van der Waals surface area (Å²) >= 11 is 6.13. The van der Waals surface area contributed by atoms with Gasteiger partial charge < -0.3 is 21.5 Å². The second-order valence-electron chi connectivity index (χ2n) is 5.54. The number of fused-ring (bicyclic) bond motifs is 1. The molecular weight excluding hydrogens is 340 g/mol. The monoisotopic (exact) mass is 356 g/mol. The lowest BCUT2D eigenvalue weighted by Gasteiger charge is -2.14. The molecule has 0 radical (unpaired) electrons. The van der Waals surface area contributed by atoms with Gasteiger partial charge in [0.15, 0.2) is 5.15 Å². The summed E-state index contributed by atoms with van der Waals surface area (Å²) in [5.41, 5.74) is 9.89. The van der Waals surface area contributed by atoms with Crippen LogP contribution in [0.5, 0.6) is 0 Å². The molecule has 2 aromatic carbocycles. The molecule has 25 heavy (non-hydrogen) atoms. The quantitative estimate of drug-likeness (QED) is 0.520. The van der Waals surface area contributed by atoms with Crippen molar-refractivity contribution in [3.8, 4) is 0 Å². The van der Waals surface area contributed by atoms with Crippen LogP contribution in [0, 0.1) is 0 Å². The van der Waals surface area contributed by atoms with Crippen molar-refractivity contribution in [2.45, 2.75) is 13.1 Å². The van der Waals surface area contributed by atoms with Gasteiger partial charge in [0.1, 0.15) is 0 Å². The Morgan fingerprint density at radius 1 is 1.12 bits per heavy atom. The van der Waals surface area contributed by atoms with Gasteiger partial charge in [-0.2, -0.15) is 0 Å². The maximum atomic E-state index is 10.6. The number of anilines is 2. The Morgan fingerprint density at radius 3 is 2.60 bits per heavy atom. The number of hydrogen-bond acceptors (Lipinski definition) is 4. The smallest absolute Gasteiger partial charge is 0.404 e. The number of halogens is 1. The van der Waals surface area contributed by atoms with Crippen LogP contribution >= 0.6 is 11.6 Å². The Kier molecular flexibility index (Phi) is 4.90. The molecule has 0 atom stereocenters. The maximum absolute atomic E-state index is 10.6. The summed E-state index contributed by atoms with van der Waals surface area (Å²) in [6.07, 6.45) is -1.05. The number of nitrogen functional groups attached to an aromatic ring is 1. The van der Waals surface area contributed by atoms with Crippen LogP contribution in [0.15, 0.2) is 48.5 Å². The van der Waals surface area contributed by atoms with Gasteiger partial charge in [0.25, 0.3) is 0 Å². The minimum Gasteiger partial charge on any atom is -0.465 e. The zero-order valence-electron chi connectivity index (χ0n) is 13.3. The van der Waals surface area contributed by atoms with Crippen molar-refractivity contribution in [2.75, 3.05) is 11.1 Å². The highest BCUT2D eigenvalue weighted by Gasteiger charge is 2.11. The van der Waals surface area contributed by atoms with E-state index in [0.29, 0.717) is 12.2 Å². The zero-order valence-corrected chi connectivity index (χ0v) is 14.0. The third kappa shape index (κ3) is 3.92. The van der Waals surface area contributed by atoms with Gasteiger partial charge in [-0.1, -0.05) is 54.1 Å². The van der Waals surface area contributed by atoms with Gasteiger partial charge in [-0.05, 0) is 17.2 Å². The van der Waals surface area contributed by atoms with Crippen molar-refractivity contribution in [3.63, 3.8) is 0 Å². The second-order valence-corrected chi connectivity index (χ2v) is 5.90. The Morgan fingerprint density at radius 2 is 1.84 bits per heavy atom. The molecule has 0 spiro atoms. The number of benzene rings is 2. The van der Waals surface area contributed by atoms with E-state index in [-0.39, 0.29) is 11.7 Å². The largest absolute Gasteiger partial charge is 0.465 e. The first-order chi connectivity index (χ1) is 12.0. The van der Waals surface area contributed by atoms with Crippen LogP contribution in [-0.4, -0.2) is 16.2 Å². The normalized spacial score (nSPS) is 10.6. The van der Waals surface area contributed by atoms with Gasteiger partial charge in [0.05, 0.1) is 16.9 Å². The Labute approximate surface area is 149 Å². The van der Waals surface area contributed by atoms with E-state index in [9.17, 15) is 4.79 Å². The molecule has 6 nitrogen and oxygen atoms in total. The zero-order chi connectivity index (χ0) is 17.8. The third-order valence-corrected chi connectivity index (χ3v) is 4.08. The van der Waals surface area contributed by atoms with Crippen LogP contribution in [0.1, 0.15) is 11.1 Å². The minimum absolute atomic E-state index is 0.259. The third-order valence-electron chi connectivity index (χ3n) is 3.79. The number of carboxylic acid groups (broad SMARTS) is 1. The summed E-state index contributed by atoms with van der Waals surface area (Å²) in [5, 5.41) is 15.5. The number of nitrogens with two attached hydrogens (primary N) is 1. The SMILES string of the molecule is Nc1c(Cl)nc2ccccc2c1NCc1cccc(CNC(=O)O)c1. The molecule has 0 bridgehead atoms. The van der Waals surface area contributed by atoms with Crippen LogP contribution in [0.25, 0.3) is 10.9 Å². The average Bonchev–Trinajstić information content (AvgIpc) is 2.61. The first-order valence-electron chi connectivity index (χ1n) is 7.67. The van der Waals surface area contributed by atoms with Crippen molar-refractivity contribution in [1.29, 1.82) is 0 Å². The number of pyridine rings is 1. The molecule has 1 heterocycles. The summed E-state index contributed by atoms with van der Waals surface area (Å²) < 4.78 is 0. The van der Waals surface area contributed by atoms with E-state index < -0.39 is 6.09 Å². The fourth-order valence-electron chi connectivity index (χ4n) is 2.60. The first-order valence-corrected chi connectivity index (χ1v) is 8.04. The van der Waals surface area contributed by atoms with Crippen LogP contribution in [-0.2, 0) is 13.1 Å². The van der Waals surface area contributed by atoms with Gasteiger partial charge >= 0.3 is 6.09 Å². The lowest BCUT2D eigenvalue weighted by Crippen LogP contribution is -2.20. The van der Waals surface area contributed by atoms with Gasteiger partial charge in [0.2, 0.25) is 0 Å². The molecule has 7 heteroatoms. The van der Waals surface area contributed by atoms with Crippen LogP contribution in [0.2, 0.25) is 5.15 Å². The Hall–Kier alpha value is -2.99. The topological polar surface area (TPSA) is 100 Å². The van der Waals surface area contributed by atoms with Gasteiger partial charge in [0, 0.05) is 18.5 Å². The summed E-state index contributed by atoms with van der Waals surface area (Å²) in [6, 6.07) is 15.3. The van der Waals surface area contributed by atoms with E-state index in [1.54, 1.807) is 0 Å². The predicted octanol–water partition coefficient (Wildman–Crippen LogP) is 3.85. The molecule has 128 valence electrons. The standard InChI is InChI=1S/C18H17ClN4O2/c19-17-15(20)16(13-6-1-2-7-14(13)23-17)21-9-11-4-3-5-12(8-11)10-22-18(24)25/h1-8,22H,9-10,20H2,(H,21,23)(H,24,25). The summed E-state index contributed by atoms with van der Waals surface area (Å²) in [5.74, 6) is 0. The van der Waals surface area contributed by atoms with Crippen molar-refractivity contribution >= 4 is 40.0 Å².